The molecule has 4 aromatic carbocycles. The molecule has 1 fully saturated rings. The van der Waals surface area contributed by atoms with Gasteiger partial charge in [-0.05, 0) is 72.6 Å². The van der Waals surface area contributed by atoms with Crippen molar-refractivity contribution in [1.29, 1.82) is 0 Å². The van der Waals surface area contributed by atoms with E-state index in [9.17, 15) is 19.1 Å². The van der Waals surface area contributed by atoms with Crippen molar-refractivity contribution in [2.75, 3.05) is 11.5 Å². The van der Waals surface area contributed by atoms with E-state index in [1.807, 2.05) is 43.3 Å². The van der Waals surface area contributed by atoms with E-state index in [0.29, 0.717) is 40.9 Å². The molecule has 0 bridgehead atoms. The Morgan fingerprint density at radius 2 is 1.69 bits per heavy atom. The van der Waals surface area contributed by atoms with Gasteiger partial charge in [0.1, 0.15) is 29.7 Å². The Balaban J connectivity index is 1.46. The van der Waals surface area contributed by atoms with Crippen molar-refractivity contribution in [3.8, 4) is 11.5 Å². The minimum absolute atomic E-state index is 0.124. The van der Waals surface area contributed by atoms with Gasteiger partial charge in [-0.2, -0.15) is 0 Å². The number of anilines is 1. The van der Waals surface area contributed by atoms with Crippen molar-refractivity contribution in [1.82, 2.24) is 4.98 Å². The number of rotatable bonds is 8. The molecule has 7 nitrogen and oxygen atoms in total. The van der Waals surface area contributed by atoms with Crippen molar-refractivity contribution in [3.05, 3.63) is 125 Å². The number of hydrogen-bond donors (Lipinski definition) is 1. The summed E-state index contributed by atoms with van der Waals surface area (Å²) in [5, 5.41) is 11.6. The zero-order valence-corrected chi connectivity index (χ0v) is 23.3. The molecule has 0 spiro atoms. The molecule has 1 amide bonds. The average Bonchev–Trinajstić information content (AvgIpc) is 3.54. The lowest BCUT2D eigenvalue weighted by Crippen LogP contribution is -2.29. The maximum absolute atomic E-state index is 13.7. The average molecular weight is 581 g/mol. The van der Waals surface area contributed by atoms with Gasteiger partial charge in [0.2, 0.25) is 0 Å². The first-order chi connectivity index (χ1) is 20.4. The van der Waals surface area contributed by atoms with Crippen LogP contribution in [0.2, 0.25) is 0 Å². The summed E-state index contributed by atoms with van der Waals surface area (Å²) in [4.78, 5) is 33.1. The second kappa shape index (κ2) is 11.5. The van der Waals surface area contributed by atoms with Crippen molar-refractivity contribution in [2.45, 2.75) is 19.6 Å². The SMILES string of the molecule is CCOc1ccc2nc(N3C(=O)C(=O)/C(=C(/O)c4ccc(F)cc4)C3c3cccc(OCc4ccccc4)c3)sc2c1. The lowest BCUT2D eigenvalue weighted by molar-refractivity contribution is -0.132. The van der Waals surface area contributed by atoms with E-state index in [-0.39, 0.29) is 11.1 Å². The predicted molar refractivity (Wildman–Crippen MR) is 159 cm³/mol. The van der Waals surface area contributed by atoms with Crippen LogP contribution in [0.4, 0.5) is 9.52 Å². The van der Waals surface area contributed by atoms with Gasteiger partial charge in [-0.15, -0.1) is 0 Å². The number of halogens is 1. The summed E-state index contributed by atoms with van der Waals surface area (Å²) in [5.74, 6) is -1.41. The Kier molecular flexibility index (Phi) is 7.41. The van der Waals surface area contributed by atoms with E-state index in [1.165, 1.54) is 40.5 Å². The van der Waals surface area contributed by atoms with Gasteiger partial charge in [0.25, 0.3) is 5.78 Å². The molecule has 210 valence electrons. The highest BCUT2D eigenvalue weighted by Crippen LogP contribution is 2.45. The fourth-order valence-corrected chi connectivity index (χ4v) is 5.90. The minimum Gasteiger partial charge on any atom is -0.507 e. The largest absolute Gasteiger partial charge is 0.507 e. The van der Waals surface area contributed by atoms with Crippen LogP contribution in [-0.2, 0) is 16.2 Å². The molecule has 1 atom stereocenters. The molecule has 1 aliphatic heterocycles. The van der Waals surface area contributed by atoms with Crippen LogP contribution < -0.4 is 14.4 Å². The molecule has 9 heteroatoms. The third-order valence-electron chi connectivity index (χ3n) is 6.85. The summed E-state index contributed by atoms with van der Waals surface area (Å²) in [6.45, 7) is 2.71. The fraction of sp³-hybridized carbons (Fsp3) is 0.121. The fourth-order valence-electron chi connectivity index (χ4n) is 4.88. The van der Waals surface area contributed by atoms with Gasteiger partial charge < -0.3 is 14.6 Å². The molecular formula is C33H25FN2O5S. The topological polar surface area (TPSA) is 89.0 Å². The minimum atomic E-state index is -1.01. The molecule has 1 aliphatic rings. The quantitative estimate of drug-likeness (QED) is 0.120. The number of fused-ring (bicyclic) bond motifs is 1. The summed E-state index contributed by atoms with van der Waals surface area (Å²) in [7, 11) is 0. The van der Waals surface area contributed by atoms with Gasteiger partial charge in [-0.1, -0.05) is 53.8 Å². The van der Waals surface area contributed by atoms with Crippen LogP contribution in [0.25, 0.3) is 16.0 Å². The number of nitrogens with zero attached hydrogens (tertiary/aromatic N) is 2. The van der Waals surface area contributed by atoms with Crippen molar-refractivity contribution in [3.63, 3.8) is 0 Å². The third kappa shape index (κ3) is 5.22. The number of ketones is 1. The summed E-state index contributed by atoms with van der Waals surface area (Å²) < 4.78 is 26.1. The Bertz CT molecular complexity index is 1820. The molecule has 5 aromatic rings. The molecular weight excluding hydrogens is 555 g/mol. The zero-order chi connectivity index (χ0) is 29.2. The third-order valence-corrected chi connectivity index (χ3v) is 7.87. The number of aromatic nitrogens is 1. The van der Waals surface area contributed by atoms with Crippen LogP contribution in [0.15, 0.2) is 103 Å². The first kappa shape index (κ1) is 27.2. The van der Waals surface area contributed by atoms with E-state index in [0.717, 1.165) is 10.3 Å². The van der Waals surface area contributed by atoms with Gasteiger partial charge in [0, 0.05) is 5.56 Å². The zero-order valence-electron chi connectivity index (χ0n) is 22.5. The smallest absolute Gasteiger partial charge is 0.301 e. The van der Waals surface area contributed by atoms with Crippen molar-refractivity contribution in [2.24, 2.45) is 0 Å². The number of thiazole rings is 1. The number of ether oxygens (including phenoxy) is 2. The Labute approximate surface area is 245 Å². The van der Waals surface area contributed by atoms with E-state index < -0.39 is 29.3 Å². The molecule has 1 saturated heterocycles. The number of benzene rings is 4. The van der Waals surface area contributed by atoms with E-state index >= 15 is 0 Å². The summed E-state index contributed by atoms with van der Waals surface area (Å²) >= 11 is 1.24. The number of hydrogen-bond acceptors (Lipinski definition) is 7. The highest BCUT2D eigenvalue weighted by molar-refractivity contribution is 7.22. The second-order valence-electron chi connectivity index (χ2n) is 9.58. The molecule has 1 unspecified atom stereocenters. The van der Waals surface area contributed by atoms with Crippen molar-refractivity contribution >= 4 is 44.1 Å². The Hall–Kier alpha value is -5.02. The highest BCUT2D eigenvalue weighted by atomic mass is 32.1. The molecule has 0 aliphatic carbocycles. The molecule has 42 heavy (non-hydrogen) atoms. The van der Waals surface area contributed by atoms with Crippen LogP contribution in [0.3, 0.4) is 0 Å². The van der Waals surface area contributed by atoms with Crippen LogP contribution in [-0.4, -0.2) is 28.4 Å². The number of amides is 1. The molecule has 0 saturated carbocycles. The van der Waals surface area contributed by atoms with Gasteiger partial charge in [-0.3, -0.25) is 14.5 Å². The normalized spacial score (nSPS) is 16.2. The van der Waals surface area contributed by atoms with E-state index in [1.54, 1.807) is 36.4 Å². The maximum Gasteiger partial charge on any atom is 0.301 e. The predicted octanol–water partition coefficient (Wildman–Crippen LogP) is 7.04. The van der Waals surface area contributed by atoms with Gasteiger partial charge in [-0.25, -0.2) is 9.37 Å². The first-order valence-electron chi connectivity index (χ1n) is 13.3. The van der Waals surface area contributed by atoms with Gasteiger partial charge in [0.15, 0.2) is 5.13 Å². The molecule has 1 aromatic heterocycles. The Morgan fingerprint density at radius 1 is 0.929 bits per heavy atom. The highest BCUT2D eigenvalue weighted by Gasteiger charge is 2.48. The van der Waals surface area contributed by atoms with Crippen LogP contribution in [0.1, 0.15) is 29.7 Å². The van der Waals surface area contributed by atoms with E-state index in [2.05, 4.69) is 4.98 Å². The monoisotopic (exact) mass is 580 g/mol. The van der Waals surface area contributed by atoms with Crippen LogP contribution in [0, 0.1) is 5.82 Å². The number of Topliss-reactive ketones (excluding diaryl/α,β-unsaturated/α-hetero) is 1. The number of carbonyl (C=O) groups excluding carboxylic acids is 2. The van der Waals surface area contributed by atoms with Gasteiger partial charge in [0.05, 0.1) is 28.4 Å². The first-order valence-corrected chi connectivity index (χ1v) is 14.1. The summed E-state index contributed by atoms with van der Waals surface area (Å²) in [6.07, 6.45) is 0. The van der Waals surface area contributed by atoms with Crippen LogP contribution >= 0.6 is 11.3 Å². The second-order valence-corrected chi connectivity index (χ2v) is 10.6. The standard InChI is InChI=1S/C33H25FN2O5S/c1-2-40-25-15-16-26-27(18-25)42-33(35-26)36-29(22-9-6-10-24(17-22)41-19-20-7-4-3-5-8-20)28(31(38)32(36)39)30(37)21-11-13-23(34)14-12-21/h3-18,29,37H,2,19H2,1H3/b30-28+. The molecule has 2 heterocycles. The molecule has 6 rings (SSSR count). The number of aliphatic hydroxyl groups is 1. The lowest BCUT2D eigenvalue weighted by Gasteiger charge is -2.23. The Morgan fingerprint density at radius 3 is 2.45 bits per heavy atom. The number of carbonyl (C=O) groups is 2. The lowest BCUT2D eigenvalue weighted by atomic mass is 9.95. The summed E-state index contributed by atoms with van der Waals surface area (Å²) in [5.41, 5.74) is 2.24. The maximum atomic E-state index is 13.7. The van der Waals surface area contributed by atoms with Crippen LogP contribution in [0.5, 0.6) is 11.5 Å². The van der Waals surface area contributed by atoms with E-state index in [4.69, 9.17) is 9.47 Å². The summed E-state index contributed by atoms with van der Waals surface area (Å²) in [6, 6.07) is 26.2. The van der Waals surface area contributed by atoms with Crippen molar-refractivity contribution < 1.29 is 28.6 Å². The number of aliphatic hydroxyl groups excluding tert-OH is 1. The molecule has 0 radical (unpaired) electrons. The molecule has 1 N–H and O–H groups in total. The van der Waals surface area contributed by atoms with Gasteiger partial charge >= 0.3 is 5.91 Å².